The second kappa shape index (κ2) is 4.19. The molecule has 0 radical (unpaired) electrons. The van der Waals surface area contributed by atoms with Crippen molar-refractivity contribution in [2.24, 2.45) is 0 Å². The number of aromatic nitrogens is 2. The molecule has 2 nitrogen and oxygen atoms in total. The largest absolute Gasteiger partial charge is 0.249 e. The molecule has 0 spiro atoms. The first kappa shape index (κ1) is 9.80. The zero-order chi connectivity index (χ0) is 9.97. The Morgan fingerprint density at radius 3 is 2.43 bits per heavy atom. The van der Waals surface area contributed by atoms with Crippen LogP contribution in [0.3, 0.4) is 0 Å². The Hall–Kier alpha value is -0.740. The van der Waals surface area contributed by atoms with Crippen molar-refractivity contribution in [3.63, 3.8) is 0 Å². The molecule has 2 heterocycles. The smallest absolute Gasteiger partial charge is 0.106 e. The molecule has 2 aromatic rings. The Morgan fingerprint density at radius 2 is 1.79 bits per heavy atom. The first-order valence-electron chi connectivity index (χ1n) is 4.00. The average Bonchev–Trinajstić information content (AvgIpc) is 2.19. The standard InChI is InChI=1S/C10H6Br2N2/c11-9-5-4-7(6-13-9)8-2-1-3-10(12)14-8/h1-6H. The van der Waals surface area contributed by atoms with E-state index >= 15 is 0 Å². The van der Waals surface area contributed by atoms with Gasteiger partial charge in [-0.3, -0.25) is 0 Å². The number of hydrogen-bond acceptors (Lipinski definition) is 2. The van der Waals surface area contributed by atoms with Crippen LogP contribution in [-0.2, 0) is 0 Å². The predicted molar refractivity (Wildman–Crippen MR) is 62.9 cm³/mol. The van der Waals surface area contributed by atoms with E-state index in [4.69, 9.17) is 0 Å². The lowest BCUT2D eigenvalue weighted by Crippen LogP contribution is -1.84. The van der Waals surface area contributed by atoms with Gasteiger partial charge in [0, 0.05) is 11.8 Å². The second-order valence-corrected chi connectivity index (χ2v) is 4.34. The van der Waals surface area contributed by atoms with Crippen LogP contribution in [0.2, 0.25) is 0 Å². The van der Waals surface area contributed by atoms with E-state index in [1.807, 2.05) is 30.3 Å². The van der Waals surface area contributed by atoms with Crippen molar-refractivity contribution in [1.82, 2.24) is 9.97 Å². The fourth-order valence-electron chi connectivity index (χ4n) is 1.10. The SMILES string of the molecule is Brc1ccc(-c2cccc(Br)n2)cn1. The molecule has 0 fully saturated rings. The van der Waals surface area contributed by atoms with Crippen LogP contribution in [0.1, 0.15) is 0 Å². The molecule has 0 atom stereocenters. The monoisotopic (exact) mass is 312 g/mol. The van der Waals surface area contributed by atoms with Gasteiger partial charge in [0.15, 0.2) is 0 Å². The van der Waals surface area contributed by atoms with E-state index in [0.29, 0.717) is 0 Å². The van der Waals surface area contributed by atoms with Crippen LogP contribution in [0.4, 0.5) is 0 Å². The van der Waals surface area contributed by atoms with E-state index in [2.05, 4.69) is 41.8 Å². The van der Waals surface area contributed by atoms with E-state index in [-0.39, 0.29) is 0 Å². The van der Waals surface area contributed by atoms with Gasteiger partial charge in [0.2, 0.25) is 0 Å². The molecule has 0 bridgehead atoms. The van der Waals surface area contributed by atoms with Gasteiger partial charge in [-0.15, -0.1) is 0 Å². The predicted octanol–water partition coefficient (Wildman–Crippen LogP) is 3.67. The van der Waals surface area contributed by atoms with Crippen molar-refractivity contribution in [1.29, 1.82) is 0 Å². The van der Waals surface area contributed by atoms with Gasteiger partial charge in [-0.25, -0.2) is 9.97 Å². The summed E-state index contributed by atoms with van der Waals surface area (Å²) >= 11 is 6.62. The molecule has 14 heavy (non-hydrogen) atoms. The van der Waals surface area contributed by atoms with Crippen LogP contribution in [0.25, 0.3) is 11.3 Å². The Balaban J connectivity index is 2.44. The van der Waals surface area contributed by atoms with Crippen molar-refractivity contribution < 1.29 is 0 Å². The highest BCUT2D eigenvalue weighted by Crippen LogP contribution is 2.19. The highest BCUT2D eigenvalue weighted by Gasteiger charge is 1.99. The number of rotatable bonds is 1. The first-order valence-corrected chi connectivity index (χ1v) is 5.59. The lowest BCUT2D eigenvalue weighted by Gasteiger charge is -2.00. The topological polar surface area (TPSA) is 25.8 Å². The van der Waals surface area contributed by atoms with Gasteiger partial charge in [0.25, 0.3) is 0 Å². The number of halogens is 2. The van der Waals surface area contributed by atoms with Crippen molar-refractivity contribution in [3.8, 4) is 11.3 Å². The molecule has 0 aromatic carbocycles. The van der Waals surface area contributed by atoms with Crippen molar-refractivity contribution in [2.45, 2.75) is 0 Å². The van der Waals surface area contributed by atoms with E-state index in [1.54, 1.807) is 6.20 Å². The van der Waals surface area contributed by atoms with Gasteiger partial charge < -0.3 is 0 Å². The molecule has 2 aromatic heterocycles. The normalized spacial score (nSPS) is 10.1. The maximum Gasteiger partial charge on any atom is 0.106 e. The van der Waals surface area contributed by atoms with Gasteiger partial charge in [0.1, 0.15) is 9.21 Å². The molecular formula is C10H6Br2N2. The van der Waals surface area contributed by atoms with Crippen LogP contribution in [-0.4, -0.2) is 9.97 Å². The Kier molecular flexibility index (Phi) is 2.93. The van der Waals surface area contributed by atoms with Crippen LogP contribution in [0, 0.1) is 0 Å². The van der Waals surface area contributed by atoms with Crippen LogP contribution >= 0.6 is 31.9 Å². The lowest BCUT2D eigenvalue weighted by molar-refractivity contribution is 1.23. The molecule has 70 valence electrons. The highest BCUT2D eigenvalue weighted by molar-refractivity contribution is 9.10. The van der Waals surface area contributed by atoms with Gasteiger partial charge in [-0.2, -0.15) is 0 Å². The summed E-state index contributed by atoms with van der Waals surface area (Å²) in [4.78, 5) is 8.48. The Labute approximate surface area is 98.7 Å². The summed E-state index contributed by atoms with van der Waals surface area (Å²) in [5.74, 6) is 0. The maximum atomic E-state index is 4.33. The minimum absolute atomic E-state index is 0.830. The average molecular weight is 314 g/mol. The van der Waals surface area contributed by atoms with E-state index in [1.165, 1.54) is 0 Å². The van der Waals surface area contributed by atoms with Crippen molar-refractivity contribution in [2.75, 3.05) is 0 Å². The van der Waals surface area contributed by atoms with Crippen molar-refractivity contribution >= 4 is 31.9 Å². The van der Waals surface area contributed by atoms with Gasteiger partial charge in [-0.1, -0.05) is 6.07 Å². The zero-order valence-corrected chi connectivity index (χ0v) is 10.3. The van der Waals surface area contributed by atoms with E-state index in [9.17, 15) is 0 Å². The summed E-state index contributed by atoms with van der Waals surface area (Å²) in [6, 6.07) is 9.68. The summed E-state index contributed by atoms with van der Waals surface area (Å²) in [5.41, 5.74) is 1.92. The molecule has 0 aliphatic rings. The number of hydrogen-bond donors (Lipinski definition) is 0. The summed E-state index contributed by atoms with van der Waals surface area (Å²) in [6.07, 6.45) is 1.79. The Bertz CT molecular complexity index is 440. The molecule has 0 saturated heterocycles. The molecule has 0 aliphatic heterocycles. The molecule has 0 amide bonds. The zero-order valence-electron chi connectivity index (χ0n) is 7.11. The Morgan fingerprint density at radius 1 is 0.929 bits per heavy atom. The molecule has 2 rings (SSSR count). The third-order valence-corrected chi connectivity index (χ3v) is 2.65. The second-order valence-electron chi connectivity index (χ2n) is 2.72. The summed E-state index contributed by atoms with van der Waals surface area (Å²) in [6.45, 7) is 0. The van der Waals surface area contributed by atoms with Crippen LogP contribution in [0.15, 0.2) is 45.7 Å². The van der Waals surface area contributed by atoms with Crippen molar-refractivity contribution in [3.05, 3.63) is 45.7 Å². The molecule has 0 unspecified atom stereocenters. The first-order chi connectivity index (χ1) is 6.75. The minimum atomic E-state index is 0.830. The molecule has 0 aliphatic carbocycles. The molecule has 4 heteroatoms. The van der Waals surface area contributed by atoms with Gasteiger partial charge in [-0.05, 0) is 56.1 Å². The van der Waals surface area contributed by atoms with E-state index in [0.717, 1.165) is 20.5 Å². The lowest BCUT2D eigenvalue weighted by atomic mass is 10.2. The summed E-state index contributed by atoms with van der Waals surface area (Å²) < 4.78 is 1.66. The third kappa shape index (κ3) is 2.19. The maximum absolute atomic E-state index is 4.33. The molecule has 0 N–H and O–H groups in total. The fraction of sp³-hybridized carbons (Fsp3) is 0. The minimum Gasteiger partial charge on any atom is -0.249 e. The van der Waals surface area contributed by atoms with Gasteiger partial charge in [0.05, 0.1) is 5.69 Å². The van der Waals surface area contributed by atoms with Crippen LogP contribution in [0.5, 0.6) is 0 Å². The molecule has 0 saturated carbocycles. The van der Waals surface area contributed by atoms with Gasteiger partial charge >= 0.3 is 0 Å². The fourth-order valence-corrected chi connectivity index (χ4v) is 1.67. The third-order valence-electron chi connectivity index (χ3n) is 1.74. The highest BCUT2D eigenvalue weighted by atomic mass is 79.9. The van der Waals surface area contributed by atoms with E-state index < -0.39 is 0 Å². The number of pyridine rings is 2. The quantitative estimate of drug-likeness (QED) is 0.751. The summed E-state index contributed by atoms with van der Waals surface area (Å²) in [7, 11) is 0. The number of nitrogens with zero attached hydrogens (tertiary/aromatic N) is 2. The van der Waals surface area contributed by atoms with Crippen LogP contribution < -0.4 is 0 Å². The summed E-state index contributed by atoms with van der Waals surface area (Å²) in [5, 5.41) is 0. The molecular weight excluding hydrogens is 308 g/mol.